The van der Waals surface area contributed by atoms with Crippen molar-refractivity contribution < 1.29 is 4.43 Å². The van der Waals surface area contributed by atoms with Crippen molar-refractivity contribution in [3.05, 3.63) is 12.3 Å². The van der Waals surface area contributed by atoms with E-state index in [0.29, 0.717) is 12.5 Å². The van der Waals surface area contributed by atoms with E-state index in [0.717, 1.165) is 0 Å². The maximum Gasteiger partial charge on any atom is 0.211 e. The van der Waals surface area contributed by atoms with Gasteiger partial charge in [0.1, 0.15) is 0 Å². The van der Waals surface area contributed by atoms with Gasteiger partial charge in [0.2, 0.25) is 8.32 Å². The molecule has 0 unspecified atom stereocenters. The SMILES string of the molecule is C=C[Si](C)(C)OCC#CC1CCCCC1. The van der Waals surface area contributed by atoms with E-state index in [1.807, 2.05) is 5.70 Å². The molecule has 1 saturated carbocycles. The largest absolute Gasteiger partial charge is 0.403 e. The highest BCUT2D eigenvalue weighted by Gasteiger charge is 2.16. The zero-order chi connectivity index (χ0) is 11.1. The first-order valence-corrected chi connectivity index (χ1v) is 8.88. The van der Waals surface area contributed by atoms with E-state index in [9.17, 15) is 0 Å². The van der Waals surface area contributed by atoms with Crippen molar-refractivity contribution in [1.82, 2.24) is 0 Å². The highest BCUT2D eigenvalue weighted by molar-refractivity contribution is 6.76. The van der Waals surface area contributed by atoms with Crippen LogP contribution in [-0.4, -0.2) is 14.9 Å². The van der Waals surface area contributed by atoms with E-state index in [-0.39, 0.29) is 0 Å². The molecule has 1 fully saturated rings. The lowest BCUT2D eigenvalue weighted by Crippen LogP contribution is -2.27. The molecule has 0 amide bonds. The summed E-state index contributed by atoms with van der Waals surface area (Å²) in [5, 5.41) is 0. The minimum atomic E-state index is -1.60. The molecule has 1 rings (SSSR count). The van der Waals surface area contributed by atoms with Gasteiger partial charge in [-0.15, -0.1) is 6.58 Å². The predicted octanol–water partition coefficient (Wildman–Crippen LogP) is 3.52. The molecule has 0 saturated heterocycles. The van der Waals surface area contributed by atoms with E-state index in [2.05, 4.69) is 31.5 Å². The summed E-state index contributed by atoms with van der Waals surface area (Å²) in [7, 11) is -1.60. The molecule has 0 spiro atoms. The Kier molecular flexibility index (Phi) is 5.14. The van der Waals surface area contributed by atoms with Crippen LogP contribution in [0, 0.1) is 17.8 Å². The van der Waals surface area contributed by atoms with Crippen LogP contribution < -0.4 is 0 Å². The monoisotopic (exact) mass is 222 g/mol. The van der Waals surface area contributed by atoms with Gasteiger partial charge in [-0.25, -0.2) is 0 Å². The van der Waals surface area contributed by atoms with Gasteiger partial charge < -0.3 is 4.43 Å². The summed E-state index contributed by atoms with van der Waals surface area (Å²) in [5.74, 6) is 7.13. The zero-order valence-electron chi connectivity index (χ0n) is 10.0. The third kappa shape index (κ3) is 5.20. The average molecular weight is 222 g/mol. The maximum atomic E-state index is 5.72. The van der Waals surface area contributed by atoms with Gasteiger partial charge in [-0.3, -0.25) is 0 Å². The fourth-order valence-corrected chi connectivity index (χ4v) is 2.28. The van der Waals surface area contributed by atoms with E-state index in [1.54, 1.807) is 0 Å². The van der Waals surface area contributed by atoms with Gasteiger partial charge in [0, 0.05) is 5.92 Å². The second-order valence-corrected chi connectivity index (χ2v) is 8.66. The average Bonchev–Trinajstić information content (AvgIpc) is 2.26. The molecule has 15 heavy (non-hydrogen) atoms. The van der Waals surface area contributed by atoms with Gasteiger partial charge in [-0.2, -0.15) is 0 Å². The summed E-state index contributed by atoms with van der Waals surface area (Å²) in [6, 6.07) is 0. The Bertz CT molecular complexity index is 253. The molecular formula is C13H22OSi. The minimum absolute atomic E-state index is 0.585. The van der Waals surface area contributed by atoms with Crippen LogP contribution in [0.5, 0.6) is 0 Å². The Labute approximate surface area is 95.0 Å². The van der Waals surface area contributed by atoms with Crippen LogP contribution >= 0.6 is 0 Å². The van der Waals surface area contributed by atoms with Crippen LogP contribution in [0.1, 0.15) is 32.1 Å². The fourth-order valence-electron chi connectivity index (χ4n) is 1.71. The first-order chi connectivity index (χ1) is 7.14. The van der Waals surface area contributed by atoms with Crippen molar-refractivity contribution >= 4 is 8.32 Å². The Morgan fingerprint density at radius 1 is 1.33 bits per heavy atom. The van der Waals surface area contributed by atoms with Crippen molar-refractivity contribution in [2.45, 2.75) is 45.2 Å². The predicted molar refractivity (Wildman–Crippen MR) is 68.0 cm³/mol. The normalized spacial score (nSPS) is 18.0. The van der Waals surface area contributed by atoms with Crippen LogP contribution in [0.25, 0.3) is 0 Å². The molecule has 1 aliphatic rings. The second kappa shape index (κ2) is 6.15. The van der Waals surface area contributed by atoms with Crippen molar-refractivity contribution in [1.29, 1.82) is 0 Å². The molecule has 0 heterocycles. The van der Waals surface area contributed by atoms with Crippen molar-refractivity contribution in [3.63, 3.8) is 0 Å². The summed E-state index contributed by atoms with van der Waals surface area (Å²) in [6.45, 7) is 8.66. The van der Waals surface area contributed by atoms with Crippen molar-refractivity contribution in [2.24, 2.45) is 5.92 Å². The molecule has 0 aromatic carbocycles. The van der Waals surface area contributed by atoms with Gasteiger partial charge >= 0.3 is 0 Å². The lowest BCUT2D eigenvalue weighted by atomic mass is 9.90. The van der Waals surface area contributed by atoms with E-state index >= 15 is 0 Å². The quantitative estimate of drug-likeness (QED) is 0.524. The zero-order valence-corrected chi connectivity index (χ0v) is 11.0. The molecule has 2 heteroatoms. The smallest absolute Gasteiger partial charge is 0.211 e. The maximum absolute atomic E-state index is 5.72. The molecular weight excluding hydrogens is 200 g/mol. The van der Waals surface area contributed by atoms with Gasteiger partial charge in [0.15, 0.2) is 0 Å². The summed E-state index contributed by atoms with van der Waals surface area (Å²) < 4.78 is 5.72. The molecule has 1 nitrogen and oxygen atoms in total. The van der Waals surface area contributed by atoms with Gasteiger partial charge in [-0.05, 0) is 25.9 Å². The molecule has 84 valence electrons. The summed E-state index contributed by atoms with van der Waals surface area (Å²) >= 11 is 0. The fraction of sp³-hybridized carbons (Fsp3) is 0.692. The highest BCUT2D eigenvalue weighted by Crippen LogP contribution is 2.22. The van der Waals surface area contributed by atoms with Crippen molar-refractivity contribution in [3.8, 4) is 11.8 Å². The summed E-state index contributed by atoms with van der Waals surface area (Å²) in [6.07, 6.45) is 6.68. The molecule has 0 aromatic heterocycles. The molecule has 0 radical (unpaired) electrons. The third-order valence-electron chi connectivity index (χ3n) is 2.92. The van der Waals surface area contributed by atoms with E-state index < -0.39 is 8.32 Å². The van der Waals surface area contributed by atoms with Crippen LogP contribution in [-0.2, 0) is 4.43 Å². The number of rotatable bonds is 3. The molecule has 0 atom stereocenters. The third-order valence-corrected chi connectivity index (χ3v) is 4.79. The second-order valence-electron chi connectivity index (χ2n) is 4.75. The molecule has 0 N–H and O–H groups in total. The molecule has 0 aliphatic heterocycles. The van der Waals surface area contributed by atoms with Gasteiger partial charge in [0.05, 0.1) is 6.61 Å². The van der Waals surface area contributed by atoms with Crippen molar-refractivity contribution in [2.75, 3.05) is 6.61 Å². The first-order valence-electron chi connectivity index (χ1n) is 5.90. The van der Waals surface area contributed by atoms with Crippen LogP contribution in [0.15, 0.2) is 12.3 Å². The standard InChI is InChI=1S/C13H22OSi/c1-4-15(2,3)14-12-8-11-13-9-6-5-7-10-13/h4,13H,1,5-7,9-10,12H2,2-3H3. The van der Waals surface area contributed by atoms with Crippen LogP contribution in [0.4, 0.5) is 0 Å². The highest BCUT2D eigenvalue weighted by atomic mass is 28.4. The van der Waals surface area contributed by atoms with Crippen LogP contribution in [0.2, 0.25) is 13.1 Å². The Morgan fingerprint density at radius 3 is 2.60 bits per heavy atom. The minimum Gasteiger partial charge on any atom is -0.403 e. The lowest BCUT2D eigenvalue weighted by Gasteiger charge is -2.17. The molecule has 1 aliphatic carbocycles. The van der Waals surface area contributed by atoms with E-state index in [1.165, 1.54) is 32.1 Å². The molecule has 0 bridgehead atoms. The van der Waals surface area contributed by atoms with Gasteiger partial charge in [0.25, 0.3) is 0 Å². The topological polar surface area (TPSA) is 9.23 Å². The Balaban J connectivity index is 2.23. The van der Waals surface area contributed by atoms with Gasteiger partial charge in [-0.1, -0.05) is 36.8 Å². The number of hydrogen-bond donors (Lipinski definition) is 0. The molecule has 0 aromatic rings. The van der Waals surface area contributed by atoms with Crippen LogP contribution in [0.3, 0.4) is 0 Å². The van der Waals surface area contributed by atoms with E-state index in [4.69, 9.17) is 4.43 Å². The first kappa shape index (κ1) is 12.5. The summed E-state index contributed by atoms with van der Waals surface area (Å²) in [4.78, 5) is 0. The number of hydrogen-bond acceptors (Lipinski definition) is 1. The summed E-state index contributed by atoms with van der Waals surface area (Å²) in [5.41, 5.74) is 1.95. The Hall–Kier alpha value is -0.523. The Morgan fingerprint density at radius 2 is 2.00 bits per heavy atom. The lowest BCUT2D eigenvalue weighted by molar-refractivity contribution is 0.367.